The van der Waals surface area contributed by atoms with Crippen LogP contribution in [-0.2, 0) is 6.54 Å². The van der Waals surface area contributed by atoms with Gasteiger partial charge in [-0.15, -0.1) is 5.10 Å². The minimum absolute atomic E-state index is 0.308. The van der Waals surface area contributed by atoms with Crippen LogP contribution in [0.1, 0.15) is 30.1 Å². The molecule has 1 atom stereocenters. The fourth-order valence-electron chi connectivity index (χ4n) is 3.91. The van der Waals surface area contributed by atoms with Crippen molar-refractivity contribution in [2.24, 2.45) is 0 Å². The molecule has 0 amide bonds. The van der Waals surface area contributed by atoms with Crippen LogP contribution in [-0.4, -0.2) is 36.2 Å². The van der Waals surface area contributed by atoms with Gasteiger partial charge in [0.05, 0.1) is 11.6 Å². The van der Waals surface area contributed by atoms with E-state index in [9.17, 15) is 0 Å². The molecular formula is C21H20N6. The van der Waals surface area contributed by atoms with E-state index < -0.39 is 0 Å². The van der Waals surface area contributed by atoms with E-state index in [4.69, 9.17) is 0 Å². The van der Waals surface area contributed by atoms with Gasteiger partial charge >= 0.3 is 0 Å². The molecule has 0 aromatic carbocycles. The molecule has 5 rings (SSSR count). The summed E-state index contributed by atoms with van der Waals surface area (Å²) in [5, 5.41) is 8.96. The number of likely N-dealkylation sites (tertiary alicyclic amines) is 1. The highest BCUT2D eigenvalue weighted by Crippen LogP contribution is 2.34. The van der Waals surface area contributed by atoms with Crippen LogP contribution < -0.4 is 0 Å². The summed E-state index contributed by atoms with van der Waals surface area (Å²) in [6.07, 6.45) is 11.7. The second-order valence-corrected chi connectivity index (χ2v) is 6.94. The first-order chi connectivity index (χ1) is 13.4. The zero-order valence-electron chi connectivity index (χ0n) is 14.9. The lowest BCUT2D eigenvalue weighted by Gasteiger charge is -2.23. The Bertz CT molecular complexity index is 1040. The third-order valence-electron chi connectivity index (χ3n) is 5.27. The molecule has 0 N–H and O–H groups in total. The Morgan fingerprint density at radius 2 is 1.67 bits per heavy atom. The van der Waals surface area contributed by atoms with Crippen LogP contribution in [0, 0.1) is 0 Å². The predicted molar refractivity (Wildman–Crippen MR) is 103 cm³/mol. The van der Waals surface area contributed by atoms with E-state index in [2.05, 4.69) is 49.4 Å². The van der Waals surface area contributed by atoms with Gasteiger partial charge in [-0.25, -0.2) is 4.52 Å². The van der Waals surface area contributed by atoms with Gasteiger partial charge in [-0.1, -0.05) is 11.3 Å². The average molecular weight is 356 g/mol. The number of fused-ring (bicyclic) bond motifs is 1. The van der Waals surface area contributed by atoms with Crippen LogP contribution >= 0.6 is 0 Å². The van der Waals surface area contributed by atoms with Crippen molar-refractivity contribution in [3.63, 3.8) is 0 Å². The van der Waals surface area contributed by atoms with Crippen LogP contribution in [0.15, 0.2) is 67.4 Å². The number of hydrogen-bond donors (Lipinski definition) is 0. The summed E-state index contributed by atoms with van der Waals surface area (Å²) in [6.45, 7) is 2.00. The maximum absolute atomic E-state index is 4.55. The first kappa shape index (κ1) is 16.1. The van der Waals surface area contributed by atoms with E-state index in [-0.39, 0.29) is 0 Å². The molecule has 1 saturated heterocycles. The summed E-state index contributed by atoms with van der Waals surface area (Å²) in [5.74, 6) is 0. The van der Waals surface area contributed by atoms with Crippen molar-refractivity contribution < 1.29 is 0 Å². The monoisotopic (exact) mass is 356 g/mol. The predicted octanol–water partition coefficient (Wildman–Crippen LogP) is 3.52. The van der Waals surface area contributed by atoms with Gasteiger partial charge in [0.1, 0.15) is 5.69 Å². The Labute approximate surface area is 157 Å². The van der Waals surface area contributed by atoms with Crippen LogP contribution in [0.25, 0.3) is 16.6 Å². The number of aromatic nitrogens is 5. The van der Waals surface area contributed by atoms with Gasteiger partial charge in [-0.2, -0.15) is 0 Å². The van der Waals surface area contributed by atoms with E-state index in [1.807, 2.05) is 47.6 Å². The Hall–Kier alpha value is -3.12. The molecule has 1 aliphatic rings. The van der Waals surface area contributed by atoms with Gasteiger partial charge in [0, 0.05) is 43.1 Å². The van der Waals surface area contributed by atoms with E-state index >= 15 is 0 Å². The molecule has 4 aromatic rings. The fraction of sp³-hybridized carbons (Fsp3) is 0.238. The van der Waals surface area contributed by atoms with E-state index in [0.29, 0.717) is 6.04 Å². The zero-order valence-corrected chi connectivity index (χ0v) is 14.9. The van der Waals surface area contributed by atoms with Gasteiger partial charge < -0.3 is 0 Å². The molecular weight excluding hydrogens is 336 g/mol. The van der Waals surface area contributed by atoms with Crippen molar-refractivity contribution in [2.45, 2.75) is 25.4 Å². The zero-order chi connectivity index (χ0) is 18.1. The van der Waals surface area contributed by atoms with E-state index in [1.165, 1.54) is 12.0 Å². The molecule has 134 valence electrons. The van der Waals surface area contributed by atoms with E-state index in [1.54, 1.807) is 0 Å². The third kappa shape index (κ3) is 3.08. The van der Waals surface area contributed by atoms with Crippen molar-refractivity contribution in [1.82, 2.24) is 29.7 Å². The van der Waals surface area contributed by atoms with Crippen molar-refractivity contribution in [3.8, 4) is 11.1 Å². The van der Waals surface area contributed by atoms with Crippen molar-refractivity contribution in [2.75, 3.05) is 6.54 Å². The van der Waals surface area contributed by atoms with Crippen LogP contribution in [0.3, 0.4) is 0 Å². The third-order valence-corrected chi connectivity index (χ3v) is 5.27. The largest absolute Gasteiger partial charge is 0.290 e. The molecule has 6 heteroatoms. The highest BCUT2D eigenvalue weighted by atomic mass is 15.4. The van der Waals surface area contributed by atoms with Gasteiger partial charge in [0.15, 0.2) is 0 Å². The molecule has 0 saturated carbocycles. The van der Waals surface area contributed by atoms with Gasteiger partial charge in [-0.05, 0) is 60.8 Å². The first-order valence-electron chi connectivity index (χ1n) is 9.27. The maximum Gasteiger partial charge on any atom is 0.108 e. The van der Waals surface area contributed by atoms with E-state index in [0.717, 1.165) is 41.8 Å². The summed E-state index contributed by atoms with van der Waals surface area (Å²) >= 11 is 0. The lowest BCUT2D eigenvalue weighted by Crippen LogP contribution is -2.23. The minimum atomic E-state index is 0.308. The Kier molecular flexibility index (Phi) is 4.10. The molecule has 6 nitrogen and oxygen atoms in total. The normalized spacial score (nSPS) is 17.6. The lowest BCUT2D eigenvalue weighted by molar-refractivity contribution is 0.245. The summed E-state index contributed by atoms with van der Waals surface area (Å²) in [5.41, 5.74) is 5.68. The van der Waals surface area contributed by atoms with Crippen molar-refractivity contribution in [3.05, 3.63) is 78.6 Å². The summed E-state index contributed by atoms with van der Waals surface area (Å²) in [6, 6.07) is 12.8. The molecule has 1 fully saturated rings. The fourth-order valence-corrected chi connectivity index (χ4v) is 3.91. The standard InChI is InChI=1S/C21H20N6/c1-2-19(26(13-1)14-16-5-9-22-10-6-16)21-20-4-3-18(15-27(20)25-24-21)17-7-11-23-12-8-17/h3-12,15,19H,1-2,13-14H2/t19-/m1/s1. The number of hydrogen-bond acceptors (Lipinski definition) is 5. The SMILES string of the molecule is c1cc(CN2CCC[C@@H]2c2nnn3cc(-c4ccncc4)ccc23)ccn1. The highest BCUT2D eigenvalue weighted by Gasteiger charge is 2.29. The molecule has 0 unspecified atom stereocenters. The molecule has 0 aliphatic carbocycles. The van der Waals surface area contributed by atoms with Gasteiger partial charge in [0.25, 0.3) is 0 Å². The molecule has 0 bridgehead atoms. The Morgan fingerprint density at radius 1 is 0.889 bits per heavy atom. The molecule has 0 radical (unpaired) electrons. The van der Waals surface area contributed by atoms with Crippen LogP contribution in [0.2, 0.25) is 0 Å². The van der Waals surface area contributed by atoms with Gasteiger partial charge in [-0.3, -0.25) is 14.9 Å². The maximum atomic E-state index is 4.55. The quantitative estimate of drug-likeness (QED) is 0.560. The summed E-state index contributed by atoms with van der Waals surface area (Å²) in [4.78, 5) is 10.7. The molecule has 5 heterocycles. The smallest absolute Gasteiger partial charge is 0.108 e. The molecule has 27 heavy (non-hydrogen) atoms. The van der Waals surface area contributed by atoms with Crippen LogP contribution in [0.4, 0.5) is 0 Å². The molecule has 0 spiro atoms. The average Bonchev–Trinajstić information content (AvgIpc) is 3.35. The highest BCUT2D eigenvalue weighted by molar-refractivity contribution is 5.65. The van der Waals surface area contributed by atoms with Crippen molar-refractivity contribution >= 4 is 5.52 Å². The summed E-state index contributed by atoms with van der Waals surface area (Å²) < 4.78 is 1.90. The number of pyridine rings is 3. The molecule has 1 aliphatic heterocycles. The molecule has 4 aromatic heterocycles. The second kappa shape index (κ2) is 6.89. The van der Waals surface area contributed by atoms with Crippen molar-refractivity contribution in [1.29, 1.82) is 0 Å². The topological polar surface area (TPSA) is 59.2 Å². The Morgan fingerprint density at radius 3 is 2.48 bits per heavy atom. The second-order valence-electron chi connectivity index (χ2n) is 6.94. The van der Waals surface area contributed by atoms with Crippen LogP contribution in [0.5, 0.6) is 0 Å². The summed E-state index contributed by atoms with van der Waals surface area (Å²) in [7, 11) is 0. The first-order valence-corrected chi connectivity index (χ1v) is 9.27. The minimum Gasteiger partial charge on any atom is -0.290 e. The Balaban J connectivity index is 1.46. The lowest BCUT2D eigenvalue weighted by atomic mass is 10.1. The number of rotatable bonds is 4. The van der Waals surface area contributed by atoms with Gasteiger partial charge in [0.2, 0.25) is 0 Å². The number of nitrogens with zero attached hydrogens (tertiary/aromatic N) is 6.